The molecule has 1 saturated heterocycles. The van der Waals surface area contributed by atoms with Gasteiger partial charge in [0.2, 0.25) is 5.95 Å². The summed E-state index contributed by atoms with van der Waals surface area (Å²) in [4.78, 5) is 14.3. The van der Waals surface area contributed by atoms with E-state index in [4.69, 9.17) is 14.7 Å². The summed E-state index contributed by atoms with van der Waals surface area (Å²) in [5.41, 5.74) is 3.00. The largest absolute Gasteiger partial charge is 0.497 e. The highest BCUT2D eigenvalue weighted by atomic mass is 16.5. The average molecular weight is 416 g/mol. The number of aromatic nitrogens is 4. The van der Waals surface area contributed by atoms with Crippen LogP contribution in [0, 0.1) is 0 Å². The SMILES string of the molecule is COc1ccc(Nc2nc(N3CCN(c4ccccc4)CC3)nc3c2cnn3C)cc1. The number of fused-ring (bicyclic) bond motifs is 1. The zero-order valence-corrected chi connectivity index (χ0v) is 17.7. The summed E-state index contributed by atoms with van der Waals surface area (Å²) in [5, 5.41) is 8.71. The molecule has 0 atom stereocenters. The van der Waals surface area contributed by atoms with Crippen LogP contribution in [0.4, 0.5) is 23.1 Å². The lowest BCUT2D eigenvalue weighted by atomic mass is 10.2. The first-order chi connectivity index (χ1) is 15.2. The van der Waals surface area contributed by atoms with Crippen LogP contribution in [-0.2, 0) is 7.05 Å². The van der Waals surface area contributed by atoms with E-state index in [0.717, 1.165) is 60.4 Å². The number of methoxy groups -OCH3 is 1. The molecule has 0 bridgehead atoms. The fraction of sp³-hybridized carbons (Fsp3) is 0.261. The van der Waals surface area contributed by atoms with Gasteiger partial charge in [0.1, 0.15) is 11.6 Å². The lowest BCUT2D eigenvalue weighted by molar-refractivity contribution is 0.415. The van der Waals surface area contributed by atoms with Crippen LogP contribution in [0.1, 0.15) is 0 Å². The summed E-state index contributed by atoms with van der Waals surface area (Å²) < 4.78 is 7.05. The minimum atomic E-state index is 0.722. The fourth-order valence-electron chi connectivity index (χ4n) is 3.86. The van der Waals surface area contributed by atoms with Crippen LogP contribution in [0.5, 0.6) is 5.75 Å². The van der Waals surface area contributed by atoms with Gasteiger partial charge in [-0.25, -0.2) is 0 Å². The molecule has 8 nitrogen and oxygen atoms in total. The summed E-state index contributed by atoms with van der Waals surface area (Å²) in [6, 6.07) is 18.3. The van der Waals surface area contributed by atoms with Crippen molar-refractivity contribution in [1.82, 2.24) is 19.7 Å². The first kappa shape index (κ1) is 19.2. The molecule has 1 aliphatic heterocycles. The number of hydrogen-bond acceptors (Lipinski definition) is 7. The molecule has 1 fully saturated rings. The molecule has 0 amide bonds. The second kappa shape index (κ2) is 8.14. The Balaban J connectivity index is 1.41. The maximum Gasteiger partial charge on any atom is 0.229 e. The van der Waals surface area contributed by atoms with Crippen LogP contribution in [0.3, 0.4) is 0 Å². The van der Waals surface area contributed by atoms with Gasteiger partial charge in [0, 0.05) is 44.6 Å². The van der Waals surface area contributed by atoms with Crippen molar-refractivity contribution >= 4 is 34.2 Å². The third kappa shape index (κ3) is 3.84. The Morgan fingerprint density at radius 1 is 0.871 bits per heavy atom. The molecule has 2 aromatic heterocycles. The lowest BCUT2D eigenvalue weighted by Gasteiger charge is -2.36. The molecule has 3 heterocycles. The van der Waals surface area contributed by atoms with Gasteiger partial charge in [0.15, 0.2) is 5.65 Å². The number of benzene rings is 2. The maximum atomic E-state index is 5.25. The Morgan fingerprint density at radius 3 is 2.29 bits per heavy atom. The van der Waals surface area contributed by atoms with Gasteiger partial charge in [-0.05, 0) is 36.4 Å². The van der Waals surface area contributed by atoms with E-state index in [1.54, 1.807) is 18.0 Å². The highest BCUT2D eigenvalue weighted by Crippen LogP contribution is 2.28. The number of piperazine rings is 1. The average Bonchev–Trinajstić information content (AvgIpc) is 3.21. The van der Waals surface area contributed by atoms with Crippen molar-refractivity contribution < 1.29 is 4.74 Å². The van der Waals surface area contributed by atoms with E-state index in [1.807, 2.05) is 37.4 Å². The summed E-state index contributed by atoms with van der Waals surface area (Å²) in [6.45, 7) is 3.58. The Morgan fingerprint density at radius 2 is 1.58 bits per heavy atom. The minimum absolute atomic E-state index is 0.722. The van der Waals surface area contributed by atoms with Gasteiger partial charge in [0.25, 0.3) is 0 Å². The van der Waals surface area contributed by atoms with Gasteiger partial charge in [0.05, 0.1) is 18.7 Å². The highest BCUT2D eigenvalue weighted by Gasteiger charge is 2.21. The molecular weight excluding hydrogens is 390 g/mol. The molecule has 8 heteroatoms. The molecule has 31 heavy (non-hydrogen) atoms. The van der Waals surface area contributed by atoms with E-state index in [9.17, 15) is 0 Å². The number of aryl methyl sites for hydroxylation is 1. The normalized spacial score (nSPS) is 14.1. The van der Waals surface area contributed by atoms with Crippen molar-refractivity contribution in [3.63, 3.8) is 0 Å². The number of para-hydroxylation sites is 1. The van der Waals surface area contributed by atoms with Crippen molar-refractivity contribution in [2.24, 2.45) is 7.05 Å². The molecule has 5 rings (SSSR count). The molecule has 0 unspecified atom stereocenters. The monoisotopic (exact) mass is 415 g/mol. The van der Waals surface area contributed by atoms with Crippen molar-refractivity contribution in [3.8, 4) is 5.75 Å². The topological polar surface area (TPSA) is 71.3 Å². The molecular formula is C23H25N7O. The Bertz CT molecular complexity index is 1170. The number of nitrogens with zero attached hydrogens (tertiary/aromatic N) is 6. The molecule has 1 N–H and O–H groups in total. The van der Waals surface area contributed by atoms with Crippen molar-refractivity contribution in [1.29, 1.82) is 0 Å². The van der Waals surface area contributed by atoms with Gasteiger partial charge < -0.3 is 19.9 Å². The molecule has 0 aliphatic carbocycles. The fourth-order valence-corrected chi connectivity index (χ4v) is 3.86. The number of anilines is 4. The van der Waals surface area contributed by atoms with Crippen LogP contribution in [0.25, 0.3) is 11.0 Å². The first-order valence-electron chi connectivity index (χ1n) is 10.4. The lowest BCUT2D eigenvalue weighted by Crippen LogP contribution is -2.47. The summed E-state index contributed by atoms with van der Waals surface area (Å²) in [6.07, 6.45) is 1.80. The zero-order valence-electron chi connectivity index (χ0n) is 17.7. The van der Waals surface area contributed by atoms with E-state index in [2.05, 4.69) is 44.5 Å². The van der Waals surface area contributed by atoms with Gasteiger partial charge >= 0.3 is 0 Å². The number of hydrogen-bond donors (Lipinski definition) is 1. The van der Waals surface area contributed by atoms with E-state index >= 15 is 0 Å². The number of rotatable bonds is 5. The van der Waals surface area contributed by atoms with Crippen LogP contribution >= 0.6 is 0 Å². The molecule has 0 saturated carbocycles. The number of ether oxygens (including phenoxy) is 1. The van der Waals surface area contributed by atoms with E-state index in [-0.39, 0.29) is 0 Å². The molecule has 4 aromatic rings. The quantitative estimate of drug-likeness (QED) is 0.535. The summed E-state index contributed by atoms with van der Waals surface area (Å²) in [7, 11) is 3.57. The Hall–Kier alpha value is -3.81. The maximum absolute atomic E-state index is 5.25. The van der Waals surface area contributed by atoms with Crippen molar-refractivity contribution in [2.45, 2.75) is 0 Å². The predicted octanol–water partition coefficient (Wildman–Crippen LogP) is 3.44. The van der Waals surface area contributed by atoms with Crippen LogP contribution < -0.4 is 19.9 Å². The molecule has 0 radical (unpaired) electrons. The van der Waals surface area contributed by atoms with Crippen LogP contribution in [0.2, 0.25) is 0 Å². The van der Waals surface area contributed by atoms with E-state index in [0.29, 0.717) is 0 Å². The number of nitrogens with one attached hydrogen (secondary N) is 1. The van der Waals surface area contributed by atoms with Gasteiger partial charge in [-0.1, -0.05) is 18.2 Å². The predicted molar refractivity (Wildman–Crippen MR) is 123 cm³/mol. The van der Waals surface area contributed by atoms with E-state index < -0.39 is 0 Å². The van der Waals surface area contributed by atoms with Gasteiger partial charge in [-0.15, -0.1) is 0 Å². The molecule has 0 spiro atoms. The molecule has 158 valence electrons. The third-order valence-electron chi connectivity index (χ3n) is 5.62. The van der Waals surface area contributed by atoms with Crippen LogP contribution in [0.15, 0.2) is 60.8 Å². The summed E-state index contributed by atoms with van der Waals surface area (Å²) >= 11 is 0. The summed E-state index contributed by atoms with van der Waals surface area (Å²) in [5.74, 6) is 2.29. The zero-order chi connectivity index (χ0) is 21.2. The Kier molecular flexibility index (Phi) is 5.03. The van der Waals surface area contributed by atoms with Crippen molar-refractivity contribution in [3.05, 3.63) is 60.8 Å². The molecule has 2 aromatic carbocycles. The standard InChI is InChI=1S/C23H25N7O/c1-28-22-20(16-24-28)21(25-17-8-10-19(31-2)11-9-17)26-23(27-22)30-14-12-29(13-15-30)18-6-4-3-5-7-18/h3-11,16H,12-15H2,1-2H3,(H,25,26,27). The van der Waals surface area contributed by atoms with Gasteiger partial charge in [-0.3, -0.25) is 4.68 Å². The minimum Gasteiger partial charge on any atom is -0.497 e. The third-order valence-corrected chi connectivity index (χ3v) is 5.62. The van der Waals surface area contributed by atoms with E-state index in [1.165, 1.54) is 5.69 Å². The second-order valence-corrected chi connectivity index (χ2v) is 7.54. The van der Waals surface area contributed by atoms with Crippen molar-refractivity contribution in [2.75, 3.05) is 48.4 Å². The smallest absolute Gasteiger partial charge is 0.229 e. The second-order valence-electron chi connectivity index (χ2n) is 7.54. The van der Waals surface area contributed by atoms with Crippen LogP contribution in [-0.4, -0.2) is 53.0 Å². The molecule has 1 aliphatic rings. The van der Waals surface area contributed by atoms with Gasteiger partial charge in [-0.2, -0.15) is 15.1 Å². The Labute approximate surface area is 181 Å². The first-order valence-corrected chi connectivity index (χ1v) is 10.4. The highest BCUT2D eigenvalue weighted by molar-refractivity contribution is 5.89.